The van der Waals surface area contributed by atoms with E-state index < -0.39 is 0 Å². The second-order valence-electron chi connectivity index (χ2n) is 8.42. The second kappa shape index (κ2) is 13.3. The largest absolute Gasteiger partial charge is 0.392 e. The molecule has 1 aromatic rings. The third-order valence-electron chi connectivity index (χ3n) is 5.43. The van der Waals surface area contributed by atoms with Crippen LogP contribution in [-0.4, -0.2) is 48.3 Å². The zero-order valence-electron chi connectivity index (χ0n) is 20.3. The van der Waals surface area contributed by atoms with Crippen LogP contribution in [0.15, 0.2) is 0 Å². The Bertz CT molecular complexity index is 756. The van der Waals surface area contributed by atoms with Gasteiger partial charge in [0.15, 0.2) is 0 Å². The van der Waals surface area contributed by atoms with Crippen molar-refractivity contribution in [2.45, 2.75) is 79.9 Å². The summed E-state index contributed by atoms with van der Waals surface area (Å²) in [5.41, 5.74) is 3.03. The minimum Gasteiger partial charge on any atom is -0.392 e. The van der Waals surface area contributed by atoms with Gasteiger partial charge in [-0.1, -0.05) is 41.0 Å². The van der Waals surface area contributed by atoms with Gasteiger partial charge in [-0.25, -0.2) is 4.98 Å². The Kier molecular flexibility index (Phi) is 11.5. The van der Waals surface area contributed by atoms with E-state index in [0.29, 0.717) is 37.5 Å². The van der Waals surface area contributed by atoms with Crippen molar-refractivity contribution >= 4 is 11.7 Å². The Labute approximate surface area is 187 Å². The van der Waals surface area contributed by atoms with Gasteiger partial charge in [-0.2, -0.15) is 5.26 Å². The highest BCUT2D eigenvalue weighted by molar-refractivity contribution is 5.77. The molecule has 0 spiro atoms. The van der Waals surface area contributed by atoms with Crippen molar-refractivity contribution in [1.82, 2.24) is 10.3 Å². The molecule has 1 amide bonds. The van der Waals surface area contributed by atoms with E-state index in [2.05, 4.69) is 37.1 Å². The summed E-state index contributed by atoms with van der Waals surface area (Å²) in [6, 6.07) is 2.24. The number of nitriles is 1. The normalized spacial score (nSPS) is 12.2. The van der Waals surface area contributed by atoms with Crippen LogP contribution in [0.4, 0.5) is 5.82 Å². The monoisotopic (exact) mass is 432 g/mol. The van der Waals surface area contributed by atoms with Crippen LogP contribution in [-0.2, 0) is 22.6 Å². The van der Waals surface area contributed by atoms with Crippen LogP contribution in [0.2, 0.25) is 0 Å². The van der Waals surface area contributed by atoms with Crippen LogP contribution in [0.25, 0.3) is 0 Å². The van der Waals surface area contributed by atoms with Gasteiger partial charge in [-0.05, 0) is 37.7 Å². The number of hydrogen-bond donors (Lipinski definition) is 2. The van der Waals surface area contributed by atoms with Crippen molar-refractivity contribution in [3.63, 3.8) is 0 Å². The predicted octanol–water partition coefficient (Wildman–Crippen LogP) is 3.53. The standard InChI is InChI=1S/C24H40N4O3/c1-8-11-18-19(12-25)24(27-23(17(6)7)20(18)14-29)28(9-2)13-21(16(4)5)26-22(30)15-31-10-3/h16-17,21,29H,8-11,13-15H2,1-7H3,(H,26,30)/t21-/m0/s1. The molecule has 0 unspecified atom stereocenters. The molecule has 7 nitrogen and oxygen atoms in total. The van der Waals surface area contributed by atoms with Crippen molar-refractivity contribution in [1.29, 1.82) is 5.26 Å². The Morgan fingerprint density at radius 3 is 2.35 bits per heavy atom. The summed E-state index contributed by atoms with van der Waals surface area (Å²) in [5, 5.41) is 23.1. The number of nitrogens with one attached hydrogen (secondary N) is 1. The van der Waals surface area contributed by atoms with Gasteiger partial charge in [-0.15, -0.1) is 0 Å². The molecule has 0 saturated heterocycles. The van der Waals surface area contributed by atoms with Gasteiger partial charge in [0.05, 0.1) is 17.9 Å². The molecule has 0 aromatic carbocycles. The van der Waals surface area contributed by atoms with Crippen LogP contribution < -0.4 is 10.2 Å². The van der Waals surface area contributed by atoms with E-state index in [0.717, 1.165) is 23.2 Å². The summed E-state index contributed by atoms with van der Waals surface area (Å²) in [5.74, 6) is 0.811. The third kappa shape index (κ3) is 7.19. The molecule has 1 aromatic heterocycles. The highest BCUT2D eigenvalue weighted by atomic mass is 16.5. The van der Waals surface area contributed by atoms with E-state index in [4.69, 9.17) is 9.72 Å². The summed E-state index contributed by atoms with van der Waals surface area (Å²) in [7, 11) is 0. The molecule has 1 atom stereocenters. The number of likely N-dealkylation sites (N-methyl/N-ethyl adjacent to an activating group) is 1. The van der Waals surface area contributed by atoms with Crippen LogP contribution in [0.3, 0.4) is 0 Å². The summed E-state index contributed by atoms with van der Waals surface area (Å²) in [4.78, 5) is 19.2. The SMILES string of the molecule is CCCc1c(C#N)c(N(CC)C[C@H](NC(=O)COCC)C(C)C)nc(C(C)C)c1CO. The minimum atomic E-state index is -0.143. The number of aliphatic hydroxyl groups excluding tert-OH is 1. The fraction of sp³-hybridized carbons (Fsp3) is 0.708. The molecule has 31 heavy (non-hydrogen) atoms. The Balaban J connectivity index is 3.43. The highest BCUT2D eigenvalue weighted by Gasteiger charge is 2.26. The van der Waals surface area contributed by atoms with E-state index in [-0.39, 0.29) is 37.0 Å². The number of nitrogens with zero attached hydrogens (tertiary/aromatic N) is 3. The predicted molar refractivity (Wildman–Crippen MR) is 124 cm³/mol. The minimum absolute atomic E-state index is 0.0386. The highest BCUT2D eigenvalue weighted by Crippen LogP contribution is 2.31. The third-order valence-corrected chi connectivity index (χ3v) is 5.43. The maximum absolute atomic E-state index is 12.3. The number of amides is 1. The fourth-order valence-electron chi connectivity index (χ4n) is 3.67. The van der Waals surface area contributed by atoms with E-state index in [1.807, 2.05) is 27.7 Å². The van der Waals surface area contributed by atoms with Gasteiger partial charge in [0.1, 0.15) is 18.5 Å². The topological polar surface area (TPSA) is 98.5 Å². The number of anilines is 1. The molecular formula is C24H40N4O3. The van der Waals surface area contributed by atoms with Crippen LogP contribution in [0, 0.1) is 17.2 Å². The first kappa shape index (κ1) is 26.9. The number of carbonyl (C=O) groups excluding carboxylic acids is 1. The molecule has 0 aliphatic rings. The molecule has 0 saturated carbocycles. The Hall–Kier alpha value is -2.17. The van der Waals surface area contributed by atoms with Crippen molar-refractivity contribution in [3.8, 4) is 6.07 Å². The van der Waals surface area contributed by atoms with Crippen LogP contribution >= 0.6 is 0 Å². The number of pyridine rings is 1. The average molecular weight is 433 g/mol. The molecule has 2 N–H and O–H groups in total. The lowest BCUT2D eigenvalue weighted by Gasteiger charge is -2.32. The molecule has 1 rings (SSSR count). The number of hydrogen-bond acceptors (Lipinski definition) is 6. The first-order valence-corrected chi connectivity index (χ1v) is 11.4. The molecule has 0 aliphatic carbocycles. The van der Waals surface area contributed by atoms with Crippen molar-refractivity contribution in [3.05, 3.63) is 22.4 Å². The van der Waals surface area contributed by atoms with Gasteiger partial charge in [0.25, 0.3) is 0 Å². The molecule has 0 fully saturated rings. The van der Waals surface area contributed by atoms with Gasteiger partial charge in [0.2, 0.25) is 5.91 Å². The number of carbonyl (C=O) groups is 1. The van der Waals surface area contributed by atoms with Gasteiger partial charge in [-0.3, -0.25) is 4.79 Å². The lowest BCUT2D eigenvalue weighted by Crippen LogP contribution is -2.48. The lowest BCUT2D eigenvalue weighted by atomic mass is 9.92. The molecule has 0 bridgehead atoms. The van der Waals surface area contributed by atoms with E-state index in [9.17, 15) is 15.2 Å². The summed E-state index contributed by atoms with van der Waals surface area (Å²) in [6.07, 6.45) is 1.58. The van der Waals surface area contributed by atoms with Gasteiger partial charge in [0, 0.05) is 31.3 Å². The second-order valence-corrected chi connectivity index (χ2v) is 8.42. The van der Waals surface area contributed by atoms with Crippen molar-refractivity contribution in [2.75, 3.05) is 31.2 Å². The van der Waals surface area contributed by atoms with E-state index in [1.54, 1.807) is 0 Å². The molecule has 0 aliphatic heterocycles. The molecule has 174 valence electrons. The Morgan fingerprint density at radius 2 is 1.90 bits per heavy atom. The van der Waals surface area contributed by atoms with E-state index in [1.165, 1.54) is 0 Å². The molecule has 7 heteroatoms. The van der Waals surface area contributed by atoms with Crippen LogP contribution in [0.1, 0.15) is 83.2 Å². The maximum Gasteiger partial charge on any atom is 0.246 e. The van der Waals surface area contributed by atoms with Crippen LogP contribution in [0.5, 0.6) is 0 Å². The molecule has 1 heterocycles. The Morgan fingerprint density at radius 1 is 1.23 bits per heavy atom. The first-order chi connectivity index (χ1) is 14.7. The first-order valence-electron chi connectivity index (χ1n) is 11.4. The maximum atomic E-state index is 12.3. The smallest absolute Gasteiger partial charge is 0.246 e. The summed E-state index contributed by atoms with van der Waals surface area (Å²) in [6.45, 7) is 15.8. The number of rotatable bonds is 13. The quantitative estimate of drug-likeness (QED) is 0.495. The van der Waals surface area contributed by atoms with Crippen molar-refractivity contribution in [2.24, 2.45) is 5.92 Å². The molecular weight excluding hydrogens is 392 g/mol. The van der Waals surface area contributed by atoms with Crippen molar-refractivity contribution < 1.29 is 14.6 Å². The molecule has 0 radical (unpaired) electrons. The average Bonchev–Trinajstić information content (AvgIpc) is 2.74. The van der Waals surface area contributed by atoms with Gasteiger partial charge < -0.3 is 20.1 Å². The number of ether oxygens (including phenoxy) is 1. The van der Waals surface area contributed by atoms with E-state index >= 15 is 0 Å². The lowest BCUT2D eigenvalue weighted by molar-refractivity contribution is -0.126. The summed E-state index contributed by atoms with van der Waals surface area (Å²) >= 11 is 0. The fourth-order valence-corrected chi connectivity index (χ4v) is 3.67. The zero-order valence-corrected chi connectivity index (χ0v) is 20.3. The summed E-state index contributed by atoms with van der Waals surface area (Å²) < 4.78 is 5.23. The number of aromatic nitrogens is 1. The zero-order chi connectivity index (χ0) is 23.6. The van der Waals surface area contributed by atoms with Gasteiger partial charge >= 0.3 is 0 Å². The number of aliphatic hydroxyl groups is 1.